The first-order valence-corrected chi connectivity index (χ1v) is 11.0. The summed E-state index contributed by atoms with van der Waals surface area (Å²) in [5.74, 6) is 1.10. The number of furan rings is 1. The molecule has 180 valence electrons. The lowest BCUT2D eigenvalue weighted by Gasteiger charge is -2.27. The number of imidazole rings is 1. The van der Waals surface area contributed by atoms with E-state index in [4.69, 9.17) is 10.2 Å². The van der Waals surface area contributed by atoms with E-state index in [1.807, 2.05) is 6.92 Å². The van der Waals surface area contributed by atoms with Gasteiger partial charge in [0.1, 0.15) is 28.6 Å². The van der Waals surface area contributed by atoms with Crippen LogP contribution in [-0.4, -0.2) is 21.5 Å². The van der Waals surface area contributed by atoms with Crippen molar-refractivity contribution in [2.24, 2.45) is 5.73 Å². The first-order chi connectivity index (χ1) is 16.1. The van der Waals surface area contributed by atoms with Gasteiger partial charge >= 0.3 is 6.18 Å². The highest BCUT2D eigenvalue weighted by Gasteiger charge is 2.34. The predicted molar refractivity (Wildman–Crippen MR) is 125 cm³/mol. The van der Waals surface area contributed by atoms with Crippen LogP contribution in [0.5, 0.6) is 0 Å². The Bertz CT molecular complexity index is 1300. The van der Waals surface area contributed by atoms with Crippen LogP contribution < -0.4 is 11.1 Å². The van der Waals surface area contributed by atoms with Crippen molar-refractivity contribution in [1.82, 2.24) is 9.38 Å². The smallest absolute Gasteiger partial charge is 0.434 e. The van der Waals surface area contributed by atoms with Crippen LogP contribution in [0.15, 0.2) is 59.7 Å². The van der Waals surface area contributed by atoms with Gasteiger partial charge in [-0.1, -0.05) is 12.6 Å². The first-order valence-electron chi connectivity index (χ1n) is 11.0. The Morgan fingerprint density at radius 1 is 1.15 bits per heavy atom. The van der Waals surface area contributed by atoms with Crippen LogP contribution in [0.3, 0.4) is 0 Å². The second-order valence-corrected chi connectivity index (χ2v) is 8.59. The maximum Gasteiger partial charge on any atom is 0.434 e. The minimum Gasteiger partial charge on any atom is -0.456 e. The molecule has 1 aliphatic carbocycles. The predicted octanol–water partition coefficient (Wildman–Crippen LogP) is 6.64. The standard InChI is InChI=1S/C14H17F3N4.C11H9FO/c15-14(16,17)11-8-21-12(2-1-3-13(21)20-11)19-10-6-4-9(18)5-7-10;1-7(2)11-6-8-5-9(12)3-4-10(8)13-11/h1-3,8-10,19H,4-7,18H2;3-6H,1H2,2H3. The monoisotopic (exact) mass is 474 g/mol. The zero-order chi connectivity index (χ0) is 24.5. The van der Waals surface area contributed by atoms with Gasteiger partial charge in [0.05, 0.1) is 0 Å². The Morgan fingerprint density at radius 3 is 2.56 bits per heavy atom. The molecule has 0 aliphatic heterocycles. The van der Waals surface area contributed by atoms with E-state index in [1.165, 1.54) is 16.5 Å². The topological polar surface area (TPSA) is 68.5 Å². The Hall–Kier alpha value is -3.33. The van der Waals surface area contributed by atoms with E-state index in [-0.39, 0.29) is 17.9 Å². The number of fused-ring (bicyclic) bond motifs is 2. The number of nitrogens with zero attached hydrogens (tertiary/aromatic N) is 2. The summed E-state index contributed by atoms with van der Waals surface area (Å²) in [6.07, 6.45) is 0.334. The number of anilines is 1. The molecule has 0 amide bonds. The average molecular weight is 475 g/mol. The summed E-state index contributed by atoms with van der Waals surface area (Å²) in [5, 5.41) is 4.09. The van der Waals surface area contributed by atoms with Crippen molar-refractivity contribution < 1.29 is 22.0 Å². The Kier molecular flexibility index (Phi) is 6.65. The van der Waals surface area contributed by atoms with Crippen LogP contribution in [0.1, 0.15) is 44.1 Å². The maximum atomic E-state index is 12.8. The van der Waals surface area contributed by atoms with Crippen LogP contribution in [0, 0.1) is 5.82 Å². The lowest BCUT2D eigenvalue weighted by atomic mass is 9.92. The summed E-state index contributed by atoms with van der Waals surface area (Å²) in [6.45, 7) is 5.61. The van der Waals surface area contributed by atoms with Gasteiger partial charge in [-0.15, -0.1) is 0 Å². The van der Waals surface area contributed by atoms with Gasteiger partial charge in [0.15, 0.2) is 5.69 Å². The van der Waals surface area contributed by atoms with E-state index in [1.54, 1.807) is 30.3 Å². The molecule has 0 bridgehead atoms. The Balaban J connectivity index is 0.000000180. The molecule has 1 fully saturated rings. The van der Waals surface area contributed by atoms with Gasteiger partial charge in [-0.25, -0.2) is 9.37 Å². The zero-order valence-corrected chi connectivity index (χ0v) is 18.7. The number of alkyl halides is 3. The zero-order valence-electron chi connectivity index (χ0n) is 18.7. The molecule has 9 heteroatoms. The summed E-state index contributed by atoms with van der Waals surface area (Å²) in [6, 6.07) is 11.8. The van der Waals surface area contributed by atoms with E-state index in [0.717, 1.165) is 42.8 Å². The van der Waals surface area contributed by atoms with Gasteiger partial charge in [-0.3, -0.25) is 4.40 Å². The summed E-state index contributed by atoms with van der Waals surface area (Å²) in [7, 11) is 0. The summed E-state index contributed by atoms with van der Waals surface area (Å²) in [4.78, 5) is 3.63. The number of pyridine rings is 1. The van der Waals surface area contributed by atoms with Crippen LogP contribution >= 0.6 is 0 Å². The lowest BCUT2D eigenvalue weighted by Crippen LogP contribution is -2.33. The SMILES string of the molecule is C=C(C)c1cc2cc(F)ccc2o1.NC1CCC(Nc2cccc3nc(C(F)(F)F)cn23)CC1. The molecule has 1 aliphatic rings. The highest BCUT2D eigenvalue weighted by Crippen LogP contribution is 2.30. The van der Waals surface area contributed by atoms with Crippen molar-refractivity contribution in [3.63, 3.8) is 0 Å². The fourth-order valence-corrected chi connectivity index (χ4v) is 3.96. The van der Waals surface area contributed by atoms with E-state index >= 15 is 0 Å². The lowest BCUT2D eigenvalue weighted by molar-refractivity contribution is -0.140. The minimum absolute atomic E-state index is 0.240. The van der Waals surface area contributed by atoms with Crippen molar-refractivity contribution in [3.8, 4) is 0 Å². The molecule has 0 atom stereocenters. The molecule has 4 aromatic rings. The number of nitrogens with two attached hydrogens (primary N) is 1. The van der Waals surface area contributed by atoms with Crippen molar-refractivity contribution in [1.29, 1.82) is 0 Å². The number of rotatable bonds is 3. The molecule has 5 nitrogen and oxygen atoms in total. The van der Waals surface area contributed by atoms with Crippen LogP contribution in [0.2, 0.25) is 0 Å². The first kappa shape index (κ1) is 23.8. The third-order valence-corrected chi connectivity index (χ3v) is 5.81. The van der Waals surface area contributed by atoms with E-state index < -0.39 is 11.9 Å². The molecular weight excluding hydrogens is 448 g/mol. The molecule has 1 saturated carbocycles. The van der Waals surface area contributed by atoms with Gasteiger partial charge in [-0.05, 0) is 74.6 Å². The van der Waals surface area contributed by atoms with E-state index in [0.29, 0.717) is 22.8 Å². The molecule has 3 aromatic heterocycles. The van der Waals surface area contributed by atoms with E-state index in [9.17, 15) is 17.6 Å². The average Bonchev–Trinajstić information content (AvgIpc) is 3.40. The molecule has 34 heavy (non-hydrogen) atoms. The highest BCUT2D eigenvalue weighted by atomic mass is 19.4. The minimum atomic E-state index is -4.43. The van der Waals surface area contributed by atoms with Crippen LogP contribution in [0.4, 0.5) is 23.4 Å². The summed E-state index contributed by atoms with van der Waals surface area (Å²) < 4.78 is 57.9. The molecule has 0 radical (unpaired) electrons. The summed E-state index contributed by atoms with van der Waals surface area (Å²) >= 11 is 0. The number of halogens is 4. The summed E-state index contributed by atoms with van der Waals surface area (Å²) in [5.41, 5.74) is 6.82. The van der Waals surface area contributed by atoms with Crippen molar-refractivity contribution in [3.05, 3.63) is 72.5 Å². The number of nitrogens with one attached hydrogen (secondary N) is 1. The Labute approximate surface area is 194 Å². The Morgan fingerprint density at radius 2 is 1.88 bits per heavy atom. The number of aromatic nitrogens is 2. The number of hydrogen-bond acceptors (Lipinski definition) is 4. The molecule has 1 aromatic carbocycles. The van der Waals surface area contributed by atoms with E-state index in [2.05, 4.69) is 16.9 Å². The molecule has 3 N–H and O–H groups in total. The van der Waals surface area contributed by atoms with Crippen molar-refractivity contribution in [2.45, 2.75) is 50.9 Å². The van der Waals surface area contributed by atoms with Gasteiger partial charge in [-0.2, -0.15) is 13.2 Å². The van der Waals surface area contributed by atoms with Gasteiger partial charge in [0, 0.05) is 23.7 Å². The van der Waals surface area contributed by atoms with Gasteiger partial charge in [0.2, 0.25) is 0 Å². The largest absolute Gasteiger partial charge is 0.456 e. The second kappa shape index (κ2) is 9.50. The number of benzene rings is 1. The third-order valence-electron chi connectivity index (χ3n) is 5.81. The van der Waals surface area contributed by atoms with Gasteiger partial charge < -0.3 is 15.5 Å². The highest BCUT2D eigenvalue weighted by molar-refractivity contribution is 5.81. The van der Waals surface area contributed by atoms with Crippen molar-refractivity contribution >= 4 is 28.0 Å². The molecular formula is C25H26F4N4O. The fourth-order valence-electron chi connectivity index (χ4n) is 3.96. The molecule has 0 unspecified atom stereocenters. The second-order valence-electron chi connectivity index (χ2n) is 8.59. The molecule has 0 saturated heterocycles. The van der Waals surface area contributed by atoms with Gasteiger partial charge in [0.25, 0.3) is 0 Å². The van der Waals surface area contributed by atoms with Crippen molar-refractivity contribution in [2.75, 3.05) is 5.32 Å². The fraction of sp³-hybridized carbons (Fsp3) is 0.320. The third kappa shape index (κ3) is 5.41. The quantitative estimate of drug-likeness (QED) is 0.327. The maximum absolute atomic E-state index is 12.8. The normalized spacial score (nSPS) is 18.5. The molecule has 5 rings (SSSR count). The number of hydrogen-bond donors (Lipinski definition) is 2. The molecule has 0 spiro atoms. The molecule has 3 heterocycles. The number of allylic oxidation sites excluding steroid dienone is 1. The van der Waals surface area contributed by atoms with Crippen LogP contribution in [-0.2, 0) is 6.18 Å². The van der Waals surface area contributed by atoms with Crippen LogP contribution in [0.25, 0.3) is 22.2 Å².